The molecular formula is C9H14N2O. The Bertz CT molecular complexity index is 260. The van der Waals surface area contributed by atoms with Gasteiger partial charge in [0.25, 0.3) is 5.91 Å². The minimum atomic E-state index is -0.0570. The van der Waals surface area contributed by atoms with Crippen LogP contribution in [0.2, 0.25) is 0 Å². The van der Waals surface area contributed by atoms with Crippen LogP contribution in [0.3, 0.4) is 0 Å². The van der Waals surface area contributed by atoms with E-state index in [0.29, 0.717) is 5.70 Å². The molecular weight excluding hydrogens is 152 g/mol. The van der Waals surface area contributed by atoms with Crippen molar-refractivity contribution >= 4 is 11.7 Å². The van der Waals surface area contributed by atoms with Crippen LogP contribution in [0, 0.1) is 0 Å². The number of allylic oxidation sites excluding steroid dienone is 1. The lowest BCUT2D eigenvalue weighted by atomic mass is 10.2. The van der Waals surface area contributed by atoms with Crippen molar-refractivity contribution in [3.8, 4) is 0 Å². The van der Waals surface area contributed by atoms with E-state index in [-0.39, 0.29) is 5.91 Å². The van der Waals surface area contributed by atoms with Gasteiger partial charge in [-0.15, -0.1) is 0 Å². The highest BCUT2D eigenvalue weighted by atomic mass is 16.2. The van der Waals surface area contributed by atoms with Crippen LogP contribution in [-0.2, 0) is 4.79 Å². The minimum Gasteiger partial charge on any atom is -0.309 e. The molecule has 0 radical (unpaired) electrons. The molecule has 3 heteroatoms. The number of amides is 1. The second-order valence-corrected chi connectivity index (χ2v) is 3.11. The summed E-state index contributed by atoms with van der Waals surface area (Å²) in [6, 6.07) is 0. The van der Waals surface area contributed by atoms with Crippen LogP contribution in [0.1, 0.15) is 33.6 Å². The van der Waals surface area contributed by atoms with E-state index in [0.717, 1.165) is 24.3 Å². The summed E-state index contributed by atoms with van der Waals surface area (Å²) in [5, 5.41) is 2.74. The average Bonchev–Trinajstić information content (AvgIpc) is 2.32. The second kappa shape index (κ2) is 3.52. The molecule has 66 valence electrons. The minimum absolute atomic E-state index is 0.0570. The lowest BCUT2D eigenvalue weighted by molar-refractivity contribution is -0.115. The number of carbonyl (C=O) groups is 1. The van der Waals surface area contributed by atoms with Gasteiger partial charge in [-0.25, -0.2) is 4.99 Å². The fourth-order valence-electron chi connectivity index (χ4n) is 1.10. The smallest absolute Gasteiger partial charge is 0.275 e. The lowest BCUT2D eigenvalue weighted by Crippen LogP contribution is -2.23. The Morgan fingerprint density at radius 1 is 1.50 bits per heavy atom. The van der Waals surface area contributed by atoms with Crippen LogP contribution in [0.4, 0.5) is 0 Å². The number of hydrogen-bond acceptors (Lipinski definition) is 2. The monoisotopic (exact) mass is 166 g/mol. The number of nitrogens with one attached hydrogen (secondary N) is 1. The van der Waals surface area contributed by atoms with Crippen molar-refractivity contribution in [3.05, 3.63) is 11.3 Å². The number of carbonyl (C=O) groups excluding carboxylic acids is 1. The number of aliphatic imine (C=N–C) groups is 1. The van der Waals surface area contributed by atoms with Gasteiger partial charge in [-0.2, -0.15) is 0 Å². The quantitative estimate of drug-likeness (QED) is 0.622. The van der Waals surface area contributed by atoms with Crippen LogP contribution in [-0.4, -0.2) is 11.7 Å². The first-order chi connectivity index (χ1) is 5.65. The van der Waals surface area contributed by atoms with Gasteiger partial charge in [0, 0.05) is 6.42 Å². The molecule has 0 saturated heterocycles. The zero-order valence-electron chi connectivity index (χ0n) is 7.77. The molecule has 0 fully saturated rings. The van der Waals surface area contributed by atoms with Crippen LogP contribution in [0.5, 0.6) is 0 Å². The molecule has 12 heavy (non-hydrogen) atoms. The van der Waals surface area contributed by atoms with E-state index in [1.807, 2.05) is 13.8 Å². The molecule has 1 rings (SSSR count). The summed E-state index contributed by atoms with van der Waals surface area (Å²) in [4.78, 5) is 15.4. The van der Waals surface area contributed by atoms with Crippen LogP contribution in [0.15, 0.2) is 16.3 Å². The molecule has 3 nitrogen and oxygen atoms in total. The Labute approximate surface area is 72.6 Å². The van der Waals surface area contributed by atoms with E-state index in [1.165, 1.54) is 0 Å². The summed E-state index contributed by atoms with van der Waals surface area (Å²) >= 11 is 0. The van der Waals surface area contributed by atoms with E-state index in [1.54, 1.807) is 0 Å². The molecule has 0 aromatic heterocycles. The molecule has 1 aliphatic rings. The summed E-state index contributed by atoms with van der Waals surface area (Å²) in [5.41, 5.74) is 1.55. The summed E-state index contributed by atoms with van der Waals surface area (Å²) in [6.45, 7) is 5.86. The maximum Gasteiger partial charge on any atom is 0.275 e. The van der Waals surface area contributed by atoms with Crippen molar-refractivity contribution in [2.75, 3.05) is 0 Å². The van der Waals surface area contributed by atoms with E-state index < -0.39 is 0 Å². The van der Waals surface area contributed by atoms with E-state index in [4.69, 9.17) is 0 Å². The summed E-state index contributed by atoms with van der Waals surface area (Å²) in [7, 11) is 0. The van der Waals surface area contributed by atoms with Crippen molar-refractivity contribution in [2.24, 2.45) is 4.99 Å². The van der Waals surface area contributed by atoms with Gasteiger partial charge in [-0.1, -0.05) is 6.92 Å². The molecule has 0 spiro atoms. The number of rotatable bonds is 2. The highest BCUT2D eigenvalue weighted by Gasteiger charge is 2.19. The molecule has 1 heterocycles. The molecule has 1 amide bonds. The van der Waals surface area contributed by atoms with Crippen molar-refractivity contribution < 1.29 is 4.79 Å². The second-order valence-electron chi connectivity index (χ2n) is 3.11. The van der Waals surface area contributed by atoms with Gasteiger partial charge >= 0.3 is 0 Å². The molecule has 1 N–H and O–H groups in total. The van der Waals surface area contributed by atoms with E-state index in [2.05, 4.69) is 17.2 Å². The maximum atomic E-state index is 11.2. The molecule has 0 bridgehead atoms. The highest BCUT2D eigenvalue weighted by molar-refractivity contribution is 6.12. The first kappa shape index (κ1) is 8.97. The summed E-state index contributed by atoms with van der Waals surface area (Å²) in [6.07, 6.45) is 1.86. The highest BCUT2D eigenvalue weighted by Crippen LogP contribution is 2.11. The van der Waals surface area contributed by atoms with Gasteiger partial charge < -0.3 is 5.32 Å². The van der Waals surface area contributed by atoms with Gasteiger partial charge in [0.05, 0.1) is 0 Å². The van der Waals surface area contributed by atoms with Crippen molar-refractivity contribution in [2.45, 2.75) is 33.6 Å². The maximum absolute atomic E-state index is 11.2. The predicted octanol–water partition coefficient (Wildman–Crippen LogP) is 1.61. The van der Waals surface area contributed by atoms with Crippen LogP contribution >= 0.6 is 0 Å². The van der Waals surface area contributed by atoms with Crippen molar-refractivity contribution in [3.63, 3.8) is 0 Å². The van der Waals surface area contributed by atoms with E-state index >= 15 is 0 Å². The van der Waals surface area contributed by atoms with E-state index in [9.17, 15) is 4.79 Å². The third-order valence-electron chi connectivity index (χ3n) is 1.68. The number of nitrogens with zero attached hydrogens (tertiary/aromatic N) is 1. The molecule has 0 atom stereocenters. The SMILES string of the molecule is CCCC1=NC(=C(C)C)C(=O)N1. The normalized spacial score (nSPS) is 16.1. The molecule has 0 aliphatic carbocycles. The van der Waals surface area contributed by atoms with Gasteiger partial charge in [0.15, 0.2) is 0 Å². The first-order valence-electron chi connectivity index (χ1n) is 4.21. The zero-order valence-corrected chi connectivity index (χ0v) is 7.77. The molecule has 0 saturated carbocycles. The number of hydrogen-bond donors (Lipinski definition) is 1. The first-order valence-corrected chi connectivity index (χ1v) is 4.21. The Morgan fingerprint density at radius 2 is 2.17 bits per heavy atom. The molecule has 0 unspecified atom stereocenters. The average molecular weight is 166 g/mol. The van der Waals surface area contributed by atoms with Crippen LogP contribution in [0.25, 0.3) is 0 Å². The van der Waals surface area contributed by atoms with Gasteiger partial charge in [0.2, 0.25) is 0 Å². The largest absolute Gasteiger partial charge is 0.309 e. The fourth-order valence-corrected chi connectivity index (χ4v) is 1.10. The molecule has 1 aliphatic heterocycles. The third-order valence-corrected chi connectivity index (χ3v) is 1.68. The van der Waals surface area contributed by atoms with Gasteiger partial charge in [0.1, 0.15) is 11.5 Å². The Kier molecular flexibility index (Phi) is 2.63. The lowest BCUT2D eigenvalue weighted by Gasteiger charge is -1.94. The van der Waals surface area contributed by atoms with Crippen LogP contribution < -0.4 is 5.32 Å². The number of amidine groups is 1. The Balaban J connectivity index is 2.81. The molecule has 0 aromatic rings. The topological polar surface area (TPSA) is 41.5 Å². The standard InChI is InChI=1S/C9H14N2O/c1-4-5-7-10-8(6(2)3)9(12)11-7/h4-5H2,1-3H3,(H,10,11,12). The Morgan fingerprint density at radius 3 is 2.58 bits per heavy atom. The predicted molar refractivity (Wildman–Crippen MR) is 48.9 cm³/mol. The van der Waals surface area contributed by atoms with Gasteiger partial charge in [-0.05, 0) is 25.8 Å². The summed E-state index contributed by atoms with van der Waals surface area (Å²) in [5.74, 6) is 0.747. The summed E-state index contributed by atoms with van der Waals surface area (Å²) < 4.78 is 0. The van der Waals surface area contributed by atoms with Crippen molar-refractivity contribution in [1.29, 1.82) is 0 Å². The third kappa shape index (κ3) is 1.72. The van der Waals surface area contributed by atoms with Gasteiger partial charge in [-0.3, -0.25) is 4.79 Å². The Hall–Kier alpha value is -1.12. The molecule has 0 aromatic carbocycles. The zero-order chi connectivity index (χ0) is 9.14. The fraction of sp³-hybridized carbons (Fsp3) is 0.556. The van der Waals surface area contributed by atoms with Crippen molar-refractivity contribution in [1.82, 2.24) is 5.32 Å².